The molecule has 0 heterocycles. The van der Waals surface area contributed by atoms with Gasteiger partial charge in [0.2, 0.25) is 0 Å². The minimum atomic E-state index is -0.470. The van der Waals surface area contributed by atoms with Crippen LogP contribution in [0.15, 0.2) is 43.7 Å². The number of nitro benzene ring substituents is 1. The van der Waals surface area contributed by atoms with E-state index in [9.17, 15) is 10.1 Å². The average Bonchev–Trinajstić information content (AvgIpc) is 2.42. The maximum atomic E-state index is 10.8. The number of ether oxygens (including phenoxy) is 1. The monoisotopic (exact) mass is 497 g/mol. The highest BCUT2D eigenvalue weighted by molar-refractivity contribution is 9.11. The van der Waals surface area contributed by atoms with Crippen molar-refractivity contribution in [2.75, 3.05) is 0 Å². The van der Waals surface area contributed by atoms with Crippen LogP contribution < -0.4 is 4.74 Å². The van der Waals surface area contributed by atoms with E-state index in [0.29, 0.717) is 26.3 Å². The molecule has 2 aromatic carbocycles. The van der Waals surface area contributed by atoms with Crippen molar-refractivity contribution in [1.82, 2.24) is 0 Å². The quantitative estimate of drug-likeness (QED) is 0.277. The third-order valence-corrected chi connectivity index (χ3v) is 4.54. The molecule has 0 saturated heterocycles. The Balaban J connectivity index is 2.45. The summed E-state index contributed by atoms with van der Waals surface area (Å²) in [5, 5.41) is 10.8. The van der Waals surface area contributed by atoms with Crippen LogP contribution in [0.1, 0.15) is 5.56 Å². The van der Waals surface area contributed by atoms with E-state index >= 15 is 0 Å². The van der Waals surface area contributed by atoms with Crippen LogP contribution in [0.3, 0.4) is 0 Å². The summed E-state index contributed by atoms with van der Waals surface area (Å²) in [4.78, 5) is 10.3. The lowest BCUT2D eigenvalue weighted by Crippen LogP contribution is -1.94. The largest absolute Gasteiger partial charge is 0.455 e. The summed E-state index contributed by atoms with van der Waals surface area (Å²) in [5.74, 6) is 1.32. The number of halogens is 4. The fourth-order valence-corrected chi connectivity index (χ4v) is 3.48. The zero-order valence-electron chi connectivity index (χ0n) is 10.3. The standard InChI is InChI=1S/C13H7Br3ClNO3/c14-8-2-1-7(6-17)12(3-8)21-13-10(15)4-9(18(19)20)5-11(13)16/h1-5H,6H2. The van der Waals surface area contributed by atoms with Crippen molar-refractivity contribution in [2.24, 2.45) is 0 Å². The first-order valence-corrected chi connectivity index (χ1v) is 8.49. The molecule has 0 aliphatic carbocycles. The summed E-state index contributed by atoms with van der Waals surface area (Å²) in [7, 11) is 0. The maximum Gasteiger partial charge on any atom is 0.271 e. The molecule has 0 aliphatic heterocycles. The molecule has 2 rings (SSSR count). The van der Waals surface area contributed by atoms with Gasteiger partial charge in [-0.3, -0.25) is 10.1 Å². The molecule has 0 radical (unpaired) electrons. The minimum Gasteiger partial charge on any atom is -0.455 e. The van der Waals surface area contributed by atoms with Crippen molar-refractivity contribution in [3.05, 3.63) is 59.4 Å². The number of alkyl halides is 1. The first-order chi connectivity index (χ1) is 9.92. The van der Waals surface area contributed by atoms with Gasteiger partial charge in [-0.2, -0.15) is 0 Å². The Bertz CT molecular complexity index is 686. The van der Waals surface area contributed by atoms with Crippen LogP contribution in [0.25, 0.3) is 0 Å². The second-order valence-electron chi connectivity index (χ2n) is 3.98. The van der Waals surface area contributed by atoms with Crippen LogP contribution in [-0.4, -0.2) is 4.92 Å². The van der Waals surface area contributed by atoms with Gasteiger partial charge in [-0.1, -0.05) is 22.0 Å². The van der Waals surface area contributed by atoms with Crippen molar-refractivity contribution in [1.29, 1.82) is 0 Å². The summed E-state index contributed by atoms with van der Waals surface area (Å²) >= 11 is 15.8. The zero-order valence-corrected chi connectivity index (χ0v) is 15.8. The van der Waals surface area contributed by atoms with Gasteiger partial charge < -0.3 is 4.74 Å². The molecule has 0 aromatic heterocycles. The van der Waals surface area contributed by atoms with Gasteiger partial charge in [0.1, 0.15) is 5.75 Å². The molecule has 21 heavy (non-hydrogen) atoms. The summed E-state index contributed by atoms with van der Waals surface area (Å²) in [6.45, 7) is 0. The van der Waals surface area contributed by atoms with Crippen LogP contribution in [0.5, 0.6) is 11.5 Å². The first-order valence-electron chi connectivity index (χ1n) is 5.58. The van der Waals surface area contributed by atoms with Crippen LogP contribution in [0, 0.1) is 10.1 Å². The maximum absolute atomic E-state index is 10.8. The number of benzene rings is 2. The third-order valence-electron chi connectivity index (χ3n) is 2.58. The van der Waals surface area contributed by atoms with Gasteiger partial charge in [-0.05, 0) is 44.0 Å². The summed E-state index contributed by atoms with van der Waals surface area (Å²) < 4.78 is 7.65. The van der Waals surface area contributed by atoms with Crippen LogP contribution >= 0.6 is 59.4 Å². The van der Waals surface area contributed by atoms with E-state index in [-0.39, 0.29) is 5.69 Å². The van der Waals surface area contributed by atoms with Crippen LogP contribution in [-0.2, 0) is 5.88 Å². The Morgan fingerprint density at radius 2 is 1.76 bits per heavy atom. The molecule has 0 aliphatic rings. The van der Waals surface area contributed by atoms with Crippen molar-refractivity contribution in [3.8, 4) is 11.5 Å². The van der Waals surface area contributed by atoms with E-state index in [2.05, 4.69) is 47.8 Å². The van der Waals surface area contributed by atoms with Crippen molar-refractivity contribution in [3.63, 3.8) is 0 Å². The van der Waals surface area contributed by atoms with E-state index in [1.54, 1.807) is 6.07 Å². The molecule has 0 unspecified atom stereocenters. The lowest BCUT2D eigenvalue weighted by Gasteiger charge is -2.13. The second-order valence-corrected chi connectivity index (χ2v) is 6.87. The molecule has 8 heteroatoms. The topological polar surface area (TPSA) is 52.4 Å². The van der Waals surface area contributed by atoms with Gasteiger partial charge in [0, 0.05) is 22.2 Å². The molecule has 4 nitrogen and oxygen atoms in total. The van der Waals surface area contributed by atoms with Crippen molar-refractivity contribution < 1.29 is 9.66 Å². The number of non-ortho nitro benzene ring substituents is 1. The molecule has 0 saturated carbocycles. The molecule has 0 bridgehead atoms. The Morgan fingerprint density at radius 1 is 1.14 bits per heavy atom. The normalized spacial score (nSPS) is 10.5. The number of nitrogens with zero attached hydrogens (tertiary/aromatic N) is 1. The van der Waals surface area contributed by atoms with Crippen LogP contribution in [0.2, 0.25) is 0 Å². The predicted molar refractivity (Wildman–Crippen MR) is 92.3 cm³/mol. The van der Waals surface area contributed by atoms with Crippen molar-refractivity contribution >= 4 is 65.1 Å². The Hall–Kier alpha value is -0.630. The van der Waals surface area contributed by atoms with Gasteiger partial charge >= 0.3 is 0 Å². The minimum absolute atomic E-state index is 0.0343. The van der Waals surface area contributed by atoms with E-state index in [1.165, 1.54) is 12.1 Å². The molecule has 0 amide bonds. The average molecular weight is 500 g/mol. The summed E-state index contributed by atoms with van der Waals surface area (Å²) in [6, 6.07) is 8.28. The molecule has 110 valence electrons. The molecular weight excluding hydrogens is 493 g/mol. The number of hydrogen-bond acceptors (Lipinski definition) is 3. The molecule has 0 fully saturated rings. The van der Waals surface area contributed by atoms with Crippen LogP contribution in [0.4, 0.5) is 5.69 Å². The van der Waals surface area contributed by atoms with Gasteiger partial charge in [0.25, 0.3) is 5.69 Å². The Labute approximate surface area is 151 Å². The first kappa shape index (κ1) is 16.7. The zero-order chi connectivity index (χ0) is 15.6. The Kier molecular flexibility index (Phi) is 5.65. The summed E-state index contributed by atoms with van der Waals surface area (Å²) in [5.41, 5.74) is 0.782. The second kappa shape index (κ2) is 7.09. The van der Waals surface area contributed by atoms with Gasteiger partial charge in [-0.25, -0.2) is 0 Å². The van der Waals surface area contributed by atoms with E-state index < -0.39 is 4.92 Å². The number of hydrogen-bond donors (Lipinski definition) is 0. The smallest absolute Gasteiger partial charge is 0.271 e. The fourth-order valence-electron chi connectivity index (χ4n) is 1.59. The highest BCUT2D eigenvalue weighted by Gasteiger charge is 2.17. The van der Waals surface area contributed by atoms with Gasteiger partial charge in [0.05, 0.1) is 19.7 Å². The summed E-state index contributed by atoms with van der Waals surface area (Å²) in [6.07, 6.45) is 0. The van der Waals surface area contributed by atoms with Gasteiger partial charge in [0.15, 0.2) is 5.75 Å². The molecule has 0 N–H and O–H groups in total. The lowest BCUT2D eigenvalue weighted by molar-refractivity contribution is -0.385. The number of rotatable bonds is 4. The van der Waals surface area contributed by atoms with E-state index in [4.69, 9.17) is 16.3 Å². The molecule has 2 aromatic rings. The molecule has 0 spiro atoms. The van der Waals surface area contributed by atoms with E-state index in [0.717, 1.165) is 10.0 Å². The molecule has 0 atom stereocenters. The highest BCUT2D eigenvalue weighted by atomic mass is 79.9. The lowest BCUT2D eigenvalue weighted by atomic mass is 10.2. The third kappa shape index (κ3) is 3.97. The van der Waals surface area contributed by atoms with E-state index in [1.807, 2.05) is 12.1 Å². The Morgan fingerprint density at radius 3 is 2.29 bits per heavy atom. The fraction of sp³-hybridized carbons (Fsp3) is 0.0769. The number of nitro groups is 1. The highest BCUT2D eigenvalue weighted by Crippen LogP contribution is 2.41. The molecular formula is C13H7Br3ClNO3. The SMILES string of the molecule is O=[N+]([O-])c1cc(Br)c(Oc2cc(Br)ccc2CCl)c(Br)c1. The predicted octanol–water partition coefficient (Wildman–Crippen LogP) is 6.41. The van der Waals surface area contributed by atoms with Gasteiger partial charge in [-0.15, -0.1) is 11.6 Å². The van der Waals surface area contributed by atoms with Crippen molar-refractivity contribution in [2.45, 2.75) is 5.88 Å².